The molecule has 0 saturated carbocycles. The number of hydrogen-bond donors (Lipinski definition) is 0. The van der Waals surface area contributed by atoms with Gasteiger partial charge in [0.05, 0.1) is 11.2 Å². The summed E-state index contributed by atoms with van der Waals surface area (Å²) >= 11 is 0. The normalized spacial score (nSPS) is 30.2. The third-order valence-corrected chi connectivity index (χ3v) is 4.80. The fourth-order valence-corrected chi connectivity index (χ4v) is 3.55. The molecule has 3 rings (SSSR count). The number of rotatable bonds is 0. The van der Waals surface area contributed by atoms with Crippen molar-refractivity contribution in [1.29, 1.82) is 0 Å². The smallest absolute Gasteiger partial charge is 0.402 e. The van der Waals surface area contributed by atoms with Gasteiger partial charge in [-0.2, -0.15) is 0 Å². The van der Waals surface area contributed by atoms with E-state index in [1.54, 1.807) is 0 Å². The number of ether oxygens (including phenoxy) is 2. The summed E-state index contributed by atoms with van der Waals surface area (Å²) in [4.78, 5) is 0. The van der Waals surface area contributed by atoms with E-state index in [9.17, 15) is 0 Å². The molecule has 3 aliphatic heterocycles. The summed E-state index contributed by atoms with van der Waals surface area (Å²) in [7, 11) is -0.122. The first-order valence-corrected chi connectivity index (χ1v) is 7.49. The van der Waals surface area contributed by atoms with Gasteiger partial charge in [-0.05, 0) is 5.31 Å². The fraction of sp³-hybridized carbons (Fsp3) is 1.00. The molecule has 3 heterocycles. The van der Waals surface area contributed by atoms with Crippen molar-refractivity contribution in [3.63, 3.8) is 0 Å². The molecule has 0 amide bonds. The van der Waals surface area contributed by atoms with Crippen molar-refractivity contribution < 1.29 is 18.8 Å². The van der Waals surface area contributed by atoms with E-state index in [0.29, 0.717) is 0 Å². The molecule has 0 unspecified atom stereocenters. The molecule has 5 heteroatoms. The predicted octanol–water partition coefficient (Wildman–Crippen LogP) is 2.42. The van der Waals surface area contributed by atoms with Crippen molar-refractivity contribution in [2.24, 2.45) is 0 Å². The van der Waals surface area contributed by atoms with Crippen LogP contribution in [0.2, 0.25) is 5.31 Å². The van der Waals surface area contributed by atoms with Crippen molar-refractivity contribution in [2.75, 3.05) is 26.4 Å². The molecule has 3 fully saturated rings. The molecule has 3 aliphatic rings. The van der Waals surface area contributed by atoms with E-state index in [-0.39, 0.29) is 23.6 Å². The van der Waals surface area contributed by atoms with Gasteiger partial charge in [0, 0.05) is 52.1 Å². The van der Waals surface area contributed by atoms with Crippen LogP contribution in [0.15, 0.2) is 0 Å². The Balaban J connectivity index is 1.90. The minimum Gasteiger partial charge on any atom is -0.402 e. The first kappa shape index (κ1) is 13.9. The Morgan fingerprint density at radius 1 is 0.737 bits per heavy atom. The van der Waals surface area contributed by atoms with Crippen LogP contribution in [0, 0.1) is 0 Å². The van der Waals surface area contributed by atoms with Gasteiger partial charge in [-0.1, -0.05) is 20.8 Å². The van der Waals surface area contributed by atoms with E-state index in [0.717, 1.165) is 52.1 Å². The third-order valence-electron chi connectivity index (χ3n) is 4.80. The predicted molar refractivity (Wildman–Crippen MR) is 73.2 cm³/mol. The molecule has 2 spiro atoms. The molecule has 0 aromatic rings. The van der Waals surface area contributed by atoms with Gasteiger partial charge < -0.3 is 18.8 Å². The average molecular weight is 268 g/mol. The van der Waals surface area contributed by atoms with Crippen LogP contribution in [0.25, 0.3) is 0 Å². The molecule has 108 valence electrons. The highest BCUT2D eigenvalue weighted by molar-refractivity contribution is 6.49. The van der Waals surface area contributed by atoms with Crippen LogP contribution in [0.4, 0.5) is 0 Å². The Bertz CT molecular complexity index is 301. The average Bonchev–Trinajstić information content (AvgIpc) is 2.66. The summed E-state index contributed by atoms with van der Waals surface area (Å²) < 4.78 is 24.1. The summed E-state index contributed by atoms with van der Waals surface area (Å²) in [6.07, 6.45) is 3.78. The monoisotopic (exact) mass is 268 g/mol. The largest absolute Gasteiger partial charge is 0.463 e. The molecule has 3 saturated heterocycles. The molecule has 0 aromatic heterocycles. The SMILES string of the molecule is CC(C)(C)B1OC2(CCOCC2)C2(CCOCC2)O1. The summed E-state index contributed by atoms with van der Waals surface area (Å²) in [6, 6.07) is 0. The molecule has 0 radical (unpaired) electrons. The lowest BCUT2D eigenvalue weighted by atomic mass is 9.61. The lowest BCUT2D eigenvalue weighted by molar-refractivity contribution is -0.147. The lowest BCUT2D eigenvalue weighted by Crippen LogP contribution is -2.57. The van der Waals surface area contributed by atoms with Crippen molar-refractivity contribution in [1.82, 2.24) is 0 Å². The quantitative estimate of drug-likeness (QED) is 0.632. The Labute approximate surface area is 116 Å². The minimum atomic E-state index is -0.160. The van der Waals surface area contributed by atoms with Crippen LogP contribution < -0.4 is 0 Å². The van der Waals surface area contributed by atoms with E-state index in [2.05, 4.69) is 20.8 Å². The maximum atomic E-state index is 6.49. The topological polar surface area (TPSA) is 36.9 Å². The number of fused-ring (bicyclic) bond motifs is 1. The van der Waals surface area contributed by atoms with Gasteiger partial charge in [-0.3, -0.25) is 0 Å². The van der Waals surface area contributed by atoms with E-state index in [1.165, 1.54) is 0 Å². The van der Waals surface area contributed by atoms with Crippen molar-refractivity contribution >= 4 is 7.12 Å². The van der Waals surface area contributed by atoms with Crippen molar-refractivity contribution in [3.05, 3.63) is 0 Å². The summed E-state index contributed by atoms with van der Waals surface area (Å²) in [5.74, 6) is 0. The molecule has 0 bridgehead atoms. The van der Waals surface area contributed by atoms with Crippen molar-refractivity contribution in [2.45, 2.75) is 63.0 Å². The van der Waals surface area contributed by atoms with E-state index in [4.69, 9.17) is 18.8 Å². The van der Waals surface area contributed by atoms with Crippen LogP contribution >= 0.6 is 0 Å². The van der Waals surface area contributed by atoms with Gasteiger partial charge in [0.1, 0.15) is 0 Å². The minimum absolute atomic E-state index is 0.00705. The van der Waals surface area contributed by atoms with E-state index < -0.39 is 0 Å². The summed E-state index contributed by atoms with van der Waals surface area (Å²) in [5.41, 5.74) is -0.319. The molecule has 0 atom stereocenters. The van der Waals surface area contributed by atoms with E-state index >= 15 is 0 Å². The fourth-order valence-electron chi connectivity index (χ4n) is 3.55. The number of hydrogen-bond acceptors (Lipinski definition) is 4. The standard InChI is InChI=1S/C14H25BO4/c1-12(2,3)15-18-13(4-8-16-9-5-13)14(19-15)6-10-17-11-7-14/h4-11H2,1-3H3. The zero-order chi connectivity index (χ0) is 13.6. The molecule has 19 heavy (non-hydrogen) atoms. The Kier molecular flexibility index (Phi) is 3.45. The molecule has 0 N–H and O–H groups in total. The third kappa shape index (κ3) is 2.25. The van der Waals surface area contributed by atoms with Gasteiger partial charge in [0.25, 0.3) is 0 Å². The first-order valence-electron chi connectivity index (χ1n) is 7.49. The molecule has 0 aliphatic carbocycles. The van der Waals surface area contributed by atoms with Crippen LogP contribution in [-0.4, -0.2) is 44.7 Å². The molecule has 0 aromatic carbocycles. The second kappa shape index (κ2) is 4.73. The maximum absolute atomic E-state index is 6.49. The Morgan fingerprint density at radius 2 is 1.11 bits per heavy atom. The van der Waals surface area contributed by atoms with E-state index in [1.807, 2.05) is 0 Å². The Hall–Kier alpha value is -0.0951. The molecular weight excluding hydrogens is 243 g/mol. The highest BCUT2D eigenvalue weighted by atomic mass is 16.7. The highest BCUT2D eigenvalue weighted by Gasteiger charge is 2.64. The molecular formula is C14H25BO4. The maximum Gasteiger partial charge on any atom is 0.463 e. The lowest BCUT2D eigenvalue weighted by Gasteiger charge is -2.48. The second-order valence-electron chi connectivity index (χ2n) is 7.15. The van der Waals surface area contributed by atoms with Crippen LogP contribution in [0.1, 0.15) is 46.5 Å². The van der Waals surface area contributed by atoms with Gasteiger partial charge in [0.2, 0.25) is 0 Å². The summed E-state index contributed by atoms with van der Waals surface area (Å²) in [6.45, 7) is 9.67. The summed E-state index contributed by atoms with van der Waals surface area (Å²) in [5, 5.41) is 0.00705. The zero-order valence-electron chi connectivity index (χ0n) is 12.4. The first-order chi connectivity index (χ1) is 8.98. The van der Waals surface area contributed by atoms with Gasteiger partial charge in [0.15, 0.2) is 0 Å². The Morgan fingerprint density at radius 3 is 1.42 bits per heavy atom. The van der Waals surface area contributed by atoms with Crippen LogP contribution in [0.5, 0.6) is 0 Å². The zero-order valence-corrected chi connectivity index (χ0v) is 12.4. The molecule has 4 nitrogen and oxygen atoms in total. The highest BCUT2D eigenvalue weighted by Crippen LogP contribution is 2.53. The van der Waals surface area contributed by atoms with Crippen molar-refractivity contribution in [3.8, 4) is 0 Å². The van der Waals surface area contributed by atoms with Gasteiger partial charge >= 0.3 is 7.12 Å². The van der Waals surface area contributed by atoms with Crippen LogP contribution in [0.3, 0.4) is 0 Å². The van der Waals surface area contributed by atoms with Gasteiger partial charge in [-0.15, -0.1) is 0 Å². The second-order valence-corrected chi connectivity index (χ2v) is 7.15. The van der Waals surface area contributed by atoms with Crippen LogP contribution in [-0.2, 0) is 18.8 Å². The van der Waals surface area contributed by atoms with Gasteiger partial charge in [-0.25, -0.2) is 0 Å².